The van der Waals surface area contributed by atoms with Crippen molar-refractivity contribution in [3.05, 3.63) is 90.0 Å². The fourth-order valence-electron chi connectivity index (χ4n) is 2.82. The second-order valence-electron chi connectivity index (χ2n) is 6.63. The van der Waals surface area contributed by atoms with E-state index >= 15 is 0 Å². The van der Waals surface area contributed by atoms with Crippen molar-refractivity contribution in [1.29, 1.82) is 0 Å². The molecular weight excluding hydrogens is 402 g/mol. The van der Waals surface area contributed by atoms with Crippen LogP contribution < -0.4 is 15.4 Å². The maximum atomic E-state index is 12.8. The maximum Gasteiger partial charge on any atom is 0.264 e. The third-order valence-electron chi connectivity index (χ3n) is 4.48. The van der Waals surface area contributed by atoms with Crippen LogP contribution in [0.15, 0.2) is 83.8 Å². The van der Waals surface area contributed by atoms with E-state index in [1.54, 1.807) is 48.5 Å². The fourth-order valence-corrected chi connectivity index (χ4v) is 4.02. The predicted octanol–water partition coefficient (Wildman–Crippen LogP) is 2.79. The van der Waals surface area contributed by atoms with Crippen molar-refractivity contribution in [1.82, 2.24) is 0 Å². The van der Waals surface area contributed by atoms with E-state index in [9.17, 15) is 18.0 Å². The number of carbonyl (C=O) groups excluding carboxylic acids is 2. The first-order chi connectivity index (χ1) is 14.3. The van der Waals surface area contributed by atoms with E-state index in [4.69, 9.17) is 5.73 Å². The molecule has 0 aliphatic rings. The molecule has 0 aliphatic carbocycles. The molecule has 3 N–H and O–H groups in total. The molecule has 0 radical (unpaired) electrons. The van der Waals surface area contributed by atoms with Crippen molar-refractivity contribution in [2.24, 2.45) is 5.73 Å². The Kier molecular flexibility index (Phi) is 6.17. The van der Waals surface area contributed by atoms with Crippen LogP contribution in [0.1, 0.15) is 15.9 Å². The Morgan fingerprint density at radius 3 is 2.07 bits per heavy atom. The van der Waals surface area contributed by atoms with E-state index in [1.165, 1.54) is 35.6 Å². The molecule has 3 aromatic carbocycles. The van der Waals surface area contributed by atoms with Gasteiger partial charge in [0.1, 0.15) is 0 Å². The normalized spacial score (nSPS) is 11.0. The minimum absolute atomic E-state index is 0.0845. The van der Waals surface area contributed by atoms with Gasteiger partial charge < -0.3 is 11.1 Å². The molecule has 8 heteroatoms. The zero-order chi connectivity index (χ0) is 21.7. The molecule has 0 unspecified atom stereocenters. The lowest BCUT2D eigenvalue weighted by Crippen LogP contribution is -2.26. The number of sulfonamides is 1. The Labute approximate surface area is 175 Å². The van der Waals surface area contributed by atoms with E-state index < -0.39 is 15.9 Å². The number of primary amides is 1. The van der Waals surface area contributed by atoms with Crippen LogP contribution in [0.5, 0.6) is 0 Å². The number of rotatable bonds is 7. The summed E-state index contributed by atoms with van der Waals surface area (Å²) in [6.45, 7) is 0. The summed E-state index contributed by atoms with van der Waals surface area (Å²) < 4.78 is 26.8. The monoisotopic (exact) mass is 423 g/mol. The van der Waals surface area contributed by atoms with Crippen LogP contribution in [0.2, 0.25) is 0 Å². The molecule has 0 fully saturated rings. The first kappa shape index (κ1) is 21.1. The van der Waals surface area contributed by atoms with Crippen LogP contribution in [0.4, 0.5) is 11.4 Å². The van der Waals surface area contributed by atoms with Gasteiger partial charge in [-0.05, 0) is 54.1 Å². The average Bonchev–Trinajstić information content (AvgIpc) is 2.75. The predicted molar refractivity (Wildman–Crippen MR) is 116 cm³/mol. The second-order valence-corrected chi connectivity index (χ2v) is 8.60. The summed E-state index contributed by atoms with van der Waals surface area (Å²) in [7, 11) is -2.26. The van der Waals surface area contributed by atoms with Crippen molar-refractivity contribution in [2.45, 2.75) is 11.3 Å². The maximum absolute atomic E-state index is 12.8. The number of carbonyl (C=O) groups is 2. The second kappa shape index (κ2) is 8.79. The van der Waals surface area contributed by atoms with Gasteiger partial charge in [-0.3, -0.25) is 13.9 Å². The van der Waals surface area contributed by atoms with Crippen molar-refractivity contribution in [2.75, 3.05) is 16.7 Å². The Morgan fingerprint density at radius 2 is 1.50 bits per heavy atom. The molecule has 0 saturated heterocycles. The van der Waals surface area contributed by atoms with Gasteiger partial charge in [-0.25, -0.2) is 8.42 Å². The SMILES string of the molecule is CN(c1ccccc1)S(=O)(=O)c1ccc(C(=O)Nc2ccc(CC(N)=O)cc2)cc1. The third-order valence-corrected chi connectivity index (χ3v) is 6.28. The Morgan fingerprint density at radius 1 is 0.900 bits per heavy atom. The van der Waals surface area contributed by atoms with Gasteiger partial charge in [0, 0.05) is 18.3 Å². The molecule has 154 valence electrons. The first-order valence-corrected chi connectivity index (χ1v) is 10.5. The molecule has 0 spiro atoms. The first-order valence-electron chi connectivity index (χ1n) is 9.10. The molecule has 0 saturated carbocycles. The summed E-state index contributed by atoms with van der Waals surface area (Å²) in [4.78, 5) is 23.5. The van der Waals surface area contributed by atoms with E-state index in [0.717, 1.165) is 5.56 Å². The van der Waals surface area contributed by atoms with Gasteiger partial charge in [0.15, 0.2) is 0 Å². The molecule has 3 aromatic rings. The van der Waals surface area contributed by atoms with Gasteiger partial charge >= 0.3 is 0 Å². The summed E-state index contributed by atoms with van der Waals surface area (Å²) >= 11 is 0. The summed E-state index contributed by atoms with van der Waals surface area (Å²) in [6.07, 6.45) is 0.127. The number of benzene rings is 3. The molecule has 0 aliphatic heterocycles. The van der Waals surface area contributed by atoms with Gasteiger partial charge in [0.2, 0.25) is 5.91 Å². The summed E-state index contributed by atoms with van der Waals surface area (Å²) in [5.74, 6) is -0.808. The number of nitrogens with one attached hydrogen (secondary N) is 1. The van der Waals surface area contributed by atoms with Crippen LogP contribution in [-0.2, 0) is 21.2 Å². The lowest BCUT2D eigenvalue weighted by molar-refractivity contribution is -0.117. The number of nitrogens with zero attached hydrogens (tertiary/aromatic N) is 1. The highest BCUT2D eigenvalue weighted by Gasteiger charge is 2.21. The molecule has 0 aromatic heterocycles. The van der Waals surface area contributed by atoms with Gasteiger partial charge in [-0.2, -0.15) is 0 Å². The number of nitrogens with two attached hydrogens (primary N) is 1. The topological polar surface area (TPSA) is 110 Å². The minimum Gasteiger partial charge on any atom is -0.369 e. The summed E-state index contributed by atoms with van der Waals surface area (Å²) in [5.41, 5.74) is 7.31. The van der Waals surface area contributed by atoms with E-state index in [-0.39, 0.29) is 17.2 Å². The quantitative estimate of drug-likeness (QED) is 0.609. The van der Waals surface area contributed by atoms with Crippen molar-refractivity contribution < 1.29 is 18.0 Å². The lowest BCUT2D eigenvalue weighted by atomic mass is 10.1. The van der Waals surface area contributed by atoms with Crippen molar-refractivity contribution >= 4 is 33.2 Å². The third kappa shape index (κ3) is 4.84. The van der Waals surface area contributed by atoms with E-state index in [1.807, 2.05) is 6.07 Å². The zero-order valence-electron chi connectivity index (χ0n) is 16.3. The zero-order valence-corrected chi connectivity index (χ0v) is 17.1. The summed E-state index contributed by atoms with van der Waals surface area (Å²) in [5, 5.41) is 2.73. The Balaban J connectivity index is 1.72. The highest BCUT2D eigenvalue weighted by molar-refractivity contribution is 7.92. The number of hydrogen-bond donors (Lipinski definition) is 2. The molecule has 7 nitrogen and oxygen atoms in total. The van der Waals surface area contributed by atoms with Crippen LogP contribution in [0, 0.1) is 0 Å². The molecular formula is C22H21N3O4S. The average molecular weight is 423 g/mol. The molecule has 3 rings (SSSR count). The van der Waals surface area contributed by atoms with Crippen LogP contribution >= 0.6 is 0 Å². The van der Waals surface area contributed by atoms with Gasteiger partial charge in [-0.1, -0.05) is 30.3 Å². The van der Waals surface area contributed by atoms with Gasteiger partial charge in [0.25, 0.3) is 15.9 Å². The highest BCUT2D eigenvalue weighted by atomic mass is 32.2. The standard InChI is InChI=1S/C22H21N3O4S/c1-25(19-5-3-2-4-6-19)30(28,29)20-13-9-17(10-14-20)22(27)24-18-11-7-16(8-12-18)15-21(23)26/h2-14H,15H2,1H3,(H2,23,26)(H,24,27). The molecule has 0 heterocycles. The van der Waals surface area contributed by atoms with Gasteiger partial charge in [0.05, 0.1) is 17.0 Å². The molecule has 30 heavy (non-hydrogen) atoms. The molecule has 0 atom stereocenters. The number of amides is 2. The van der Waals surface area contributed by atoms with Crippen molar-refractivity contribution in [3.63, 3.8) is 0 Å². The van der Waals surface area contributed by atoms with Crippen LogP contribution in [0.3, 0.4) is 0 Å². The Bertz CT molecular complexity index is 1140. The van der Waals surface area contributed by atoms with Gasteiger partial charge in [-0.15, -0.1) is 0 Å². The minimum atomic E-state index is -3.74. The van der Waals surface area contributed by atoms with E-state index in [2.05, 4.69) is 5.32 Å². The largest absolute Gasteiger partial charge is 0.369 e. The number of para-hydroxylation sites is 1. The van der Waals surface area contributed by atoms with Crippen LogP contribution in [-0.4, -0.2) is 27.3 Å². The summed E-state index contributed by atoms with van der Waals surface area (Å²) in [6, 6.07) is 21.2. The molecule has 2 amide bonds. The van der Waals surface area contributed by atoms with E-state index in [0.29, 0.717) is 16.9 Å². The fraction of sp³-hybridized carbons (Fsp3) is 0.0909. The smallest absolute Gasteiger partial charge is 0.264 e. The number of hydrogen-bond acceptors (Lipinski definition) is 4. The van der Waals surface area contributed by atoms with Crippen LogP contribution in [0.25, 0.3) is 0 Å². The molecule has 0 bridgehead atoms. The highest BCUT2D eigenvalue weighted by Crippen LogP contribution is 2.22. The lowest BCUT2D eigenvalue weighted by Gasteiger charge is -2.19. The Hall–Kier alpha value is -3.65. The number of anilines is 2. The van der Waals surface area contributed by atoms with Crippen molar-refractivity contribution in [3.8, 4) is 0 Å².